The minimum Gasteiger partial charge on any atom is -0.508 e. The third-order valence-corrected chi connectivity index (χ3v) is 5.97. The standard InChI is InChI=1S/C21H23NO6S/c1-12-3-8-15-16(9-12)29-20(19(15)21(26)27-2)22-17(24)11-28-18(25)10-13-4-6-14(23)7-5-13/h4-7,12,23H,3,8-11H2,1-2H3,(H,22,24)/t12-/m1/s1. The molecular formula is C21H23NO6S. The molecule has 1 aliphatic rings. The van der Waals surface area contributed by atoms with Gasteiger partial charge >= 0.3 is 11.9 Å². The number of amides is 1. The van der Waals surface area contributed by atoms with E-state index in [4.69, 9.17) is 9.47 Å². The summed E-state index contributed by atoms with van der Waals surface area (Å²) in [5, 5.41) is 12.4. The van der Waals surface area contributed by atoms with Crippen LogP contribution >= 0.6 is 11.3 Å². The number of anilines is 1. The molecule has 0 saturated heterocycles. The van der Waals surface area contributed by atoms with Crippen LogP contribution in [0.5, 0.6) is 5.75 Å². The van der Waals surface area contributed by atoms with Gasteiger partial charge in [0.1, 0.15) is 10.8 Å². The molecule has 0 fully saturated rings. The molecule has 1 amide bonds. The highest BCUT2D eigenvalue weighted by molar-refractivity contribution is 7.17. The van der Waals surface area contributed by atoms with Crippen molar-refractivity contribution in [1.29, 1.82) is 0 Å². The molecule has 0 aliphatic heterocycles. The summed E-state index contributed by atoms with van der Waals surface area (Å²) in [5.74, 6) is -0.914. The SMILES string of the molecule is COC(=O)c1c(NC(=O)COC(=O)Cc2ccc(O)cc2)sc2c1CC[C@@H](C)C2. The van der Waals surface area contributed by atoms with Crippen molar-refractivity contribution >= 4 is 34.2 Å². The van der Waals surface area contributed by atoms with Gasteiger partial charge in [0, 0.05) is 4.88 Å². The molecule has 0 spiro atoms. The van der Waals surface area contributed by atoms with Crippen molar-refractivity contribution in [3.8, 4) is 5.75 Å². The minimum atomic E-state index is -0.557. The number of rotatable bonds is 6. The maximum atomic E-state index is 12.3. The van der Waals surface area contributed by atoms with Crippen LogP contribution in [0.15, 0.2) is 24.3 Å². The Morgan fingerprint density at radius 1 is 1.24 bits per heavy atom. The van der Waals surface area contributed by atoms with Gasteiger partial charge in [-0.3, -0.25) is 9.59 Å². The fourth-order valence-corrected chi connectivity index (χ4v) is 4.71. The summed E-state index contributed by atoms with van der Waals surface area (Å²) in [5.41, 5.74) is 2.02. The number of thiophene rings is 1. The lowest BCUT2D eigenvalue weighted by atomic mass is 9.88. The summed E-state index contributed by atoms with van der Waals surface area (Å²) < 4.78 is 9.93. The number of phenols is 1. The van der Waals surface area contributed by atoms with Crippen molar-refractivity contribution in [3.63, 3.8) is 0 Å². The van der Waals surface area contributed by atoms with Crippen molar-refractivity contribution in [2.75, 3.05) is 19.0 Å². The second-order valence-electron chi connectivity index (χ2n) is 7.10. The molecular weight excluding hydrogens is 394 g/mol. The van der Waals surface area contributed by atoms with E-state index in [2.05, 4.69) is 12.2 Å². The predicted molar refractivity (Wildman–Crippen MR) is 108 cm³/mol. The minimum absolute atomic E-state index is 0.00778. The number of aromatic hydroxyl groups is 1. The van der Waals surface area contributed by atoms with E-state index in [1.54, 1.807) is 12.1 Å². The van der Waals surface area contributed by atoms with Crippen LogP contribution in [0.4, 0.5) is 5.00 Å². The smallest absolute Gasteiger partial charge is 0.341 e. The molecule has 0 saturated carbocycles. The van der Waals surface area contributed by atoms with E-state index in [1.807, 2.05) is 0 Å². The zero-order valence-corrected chi connectivity index (χ0v) is 17.1. The molecule has 1 atom stereocenters. The van der Waals surface area contributed by atoms with Crippen LogP contribution in [0.2, 0.25) is 0 Å². The number of ether oxygens (including phenoxy) is 2. The van der Waals surface area contributed by atoms with Crippen LogP contribution in [0.25, 0.3) is 0 Å². The van der Waals surface area contributed by atoms with E-state index in [9.17, 15) is 19.5 Å². The average Bonchev–Trinajstić information content (AvgIpc) is 3.04. The Balaban J connectivity index is 1.62. The van der Waals surface area contributed by atoms with Crippen molar-refractivity contribution in [2.24, 2.45) is 5.92 Å². The van der Waals surface area contributed by atoms with E-state index in [0.717, 1.165) is 29.7 Å². The summed E-state index contributed by atoms with van der Waals surface area (Å²) in [6, 6.07) is 6.17. The molecule has 1 aromatic carbocycles. The maximum absolute atomic E-state index is 12.3. The molecule has 1 aliphatic carbocycles. The number of phenolic OH excluding ortho intramolecular Hbond substituents is 1. The van der Waals surface area contributed by atoms with Gasteiger partial charge in [0.2, 0.25) is 0 Å². The highest BCUT2D eigenvalue weighted by Crippen LogP contribution is 2.40. The van der Waals surface area contributed by atoms with E-state index in [-0.39, 0.29) is 12.2 Å². The lowest BCUT2D eigenvalue weighted by molar-refractivity contribution is -0.146. The Morgan fingerprint density at radius 2 is 1.97 bits per heavy atom. The number of benzene rings is 1. The first-order valence-electron chi connectivity index (χ1n) is 9.33. The number of nitrogens with one attached hydrogen (secondary N) is 1. The molecule has 7 nitrogen and oxygen atoms in total. The van der Waals surface area contributed by atoms with Crippen LogP contribution in [0.3, 0.4) is 0 Å². The lowest BCUT2D eigenvalue weighted by Crippen LogP contribution is -2.22. The third-order valence-electron chi connectivity index (χ3n) is 4.80. The Kier molecular flexibility index (Phi) is 6.53. The van der Waals surface area contributed by atoms with Crippen LogP contribution < -0.4 is 5.32 Å². The average molecular weight is 417 g/mol. The first-order chi connectivity index (χ1) is 13.9. The highest BCUT2D eigenvalue weighted by atomic mass is 32.1. The summed E-state index contributed by atoms with van der Waals surface area (Å²) in [4.78, 5) is 37.6. The normalized spacial score (nSPS) is 15.3. The Hall–Kier alpha value is -2.87. The van der Waals surface area contributed by atoms with Crippen molar-refractivity contribution in [2.45, 2.75) is 32.6 Å². The van der Waals surface area contributed by atoms with E-state index in [1.165, 1.54) is 30.6 Å². The van der Waals surface area contributed by atoms with Crippen molar-refractivity contribution < 1.29 is 29.0 Å². The number of hydrogen-bond acceptors (Lipinski definition) is 7. The number of methoxy groups -OCH3 is 1. The number of fused-ring (bicyclic) bond motifs is 1. The first kappa shape index (κ1) is 20.9. The van der Waals surface area contributed by atoms with E-state index < -0.39 is 24.5 Å². The summed E-state index contributed by atoms with van der Waals surface area (Å²) in [6.07, 6.45) is 2.61. The van der Waals surface area contributed by atoms with Gasteiger partial charge in [-0.25, -0.2) is 4.79 Å². The Labute approximate surface area is 172 Å². The van der Waals surface area contributed by atoms with E-state index in [0.29, 0.717) is 22.0 Å². The Morgan fingerprint density at radius 3 is 2.66 bits per heavy atom. The van der Waals surface area contributed by atoms with Gasteiger partial charge in [0.15, 0.2) is 6.61 Å². The van der Waals surface area contributed by atoms with Gasteiger partial charge in [-0.15, -0.1) is 11.3 Å². The summed E-state index contributed by atoms with van der Waals surface area (Å²) in [6.45, 7) is 1.71. The van der Waals surface area contributed by atoms with Crippen LogP contribution in [-0.4, -0.2) is 36.7 Å². The van der Waals surface area contributed by atoms with Crippen LogP contribution in [-0.2, 0) is 38.3 Å². The largest absolute Gasteiger partial charge is 0.508 e. The van der Waals surface area contributed by atoms with Crippen molar-refractivity contribution in [3.05, 3.63) is 45.8 Å². The molecule has 0 radical (unpaired) electrons. The molecule has 29 heavy (non-hydrogen) atoms. The second-order valence-corrected chi connectivity index (χ2v) is 8.20. The van der Waals surface area contributed by atoms with Crippen LogP contribution in [0, 0.1) is 5.92 Å². The molecule has 8 heteroatoms. The fourth-order valence-electron chi connectivity index (χ4n) is 3.30. The molecule has 3 rings (SSSR count). The Bertz CT molecular complexity index is 918. The van der Waals surface area contributed by atoms with Crippen LogP contribution in [0.1, 0.15) is 39.7 Å². The van der Waals surface area contributed by atoms with Crippen molar-refractivity contribution in [1.82, 2.24) is 0 Å². The third kappa shape index (κ3) is 5.14. The zero-order valence-electron chi connectivity index (χ0n) is 16.3. The quantitative estimate of drug-likeness (QED) is 0.701. The molecule has 2 N–H and O–H groups in total. The molecule has 0 unspecified atom stereocenters. The summed E-state index contributed by atoms with van der Waals surface area (Å²) in [7, 11) is 1.31. The maximum Gasteiger partial charge on any atom is 0.341 e. The van der Waals surface area contributed by atoms with Gasteiger partial charge in [-0.2, -0.15) is 0 Å². The highest BCUT2D eigenvalue weighted by Gasteiger charge is 2.29. The fraction of sp³-hybridized carbons (Fsp3) is 0.381. The van der Waals surface area contributed by atoms with E-state index >= 15 is 0 Å². The topological polar surface area (TPSA) is 102 Å². The predicted octanol–water partition coefficient (Wildman–Crippen LogP) is 3.09. The first-order valence-corrected chi connectivity index (χ1v) is 10.1. The van der Waals surface area contributed by atoms with Gasteiger partial charge < -0.3 is 19.9 Å². The zero-order chi connectivity index (χ0) is 21.0. The number of carbonyl (C=O) groups is 3. The number of esters is 2. The van der Waals surface area contributed by atoms with Gasteiger partial charge in [0.05, 0.1) is 19.1 Å². The lowest BCUT2D eigenvalue weighted by Gasteiger charge is -2.18. The number of hydrogen-bond donors (Lipinski definition) is 2. The molecule has 1 heterocycles. The van der Waals surface area contributed by atoms with Gasteiger partial charge in [-0.05, 0) is 48.4 Å². The second kappa shape index (κ2) is 9.09. The van der Waals surface area contributed by atoms with Gasteiger partial charge in [-0.1, -0.05) is 19.1 Å². The summed E-state index contributed by atoms with van der Waals surface area (Å²) >= 11 is 1.38. The molecule has 1 aromatic heterocycles. The molecule has 154 valence electrons. The monoisotopic (exact) mass is 417 g/mol. The molecule has 2 aromatic rings. The number of carbonyl (C=O) groups excluding carboxylic acids is 3. The molecule has 0 bridgehead atoms. The van der Waals surface area contributed by atoms with Gasteiger partial charge in [0.25, 0.3) is 5.91 Å².